The molecule has 0 aliphatic carbocycles. The zero-order valence-electron chi connectivity index (χ0n) is 1.84. The first-order valence-corrected chi connectivity index (χ1v) is 0.654. The van der Waals surface area contributed by atoms with Crippen LogP contribution in [0.25, 0.3) is 0 Å². The van der Waals surface area contributed by atoms with Gasteiger partial charge in [-0.1, -0.05) is 74.3 Å². The minimum absolute atomic E-state index is 0. The number of hydrogen-bond donors (Lipinski definition) is 1. The van der Waals surface area contributed by atoms with Crippen molar-refractivity contribution in [2.75, 3.05) is 0 Å². The molecule has 0 radical (unpaired) electrons. The van der Waals surface area contributed by atoms with Gasteiger partial charge in [0.1, 0.15) is 0 Å². The smallest absolute Gasteiger partial charge is 0.304 e. The highest BCUT2D eigenvalue weighted by molar-refractivity contribution is 5.35. The van der Waals surface area contributed by atoms with Gasteiger partial charge in [-0.2, -0.15) is 0 Å². The van der Waals surface area contributed by atoms with Crippen LogP contribution >= 0.6 is 0 Å². The molecule has 0 saturated heterocycles. The molecule has 106 valence electrons. The summed E-state index contributed by atoms with van der Waals surface area (Å²) in [6.07, 6.45) is 0. The Kier molecular flexibility index (Phi) is 19900. The van der Waals surface area contributed by atoms with Crippen molar-refractivity contribution in [1.82, 2.24) is 0 Å². The highest BCUT2D eigenvalue weighted by Crippen LogP contribution is 1.33. The molecule has 0 atom stereocenters. The summed E-state index contributed by atoms with van der Waals surface area (Å²) >= 11 is 0. The fourth-order valence-corrected chi connectivity index (χ4v) is 0. The second-order valence-corrected chi connectivity index (χ2v) is 0.202. The lowest BCUT2D eigenvalue weighted by molar-refractivity contribution is -0.217. The van der Waals surface area contributed by atoms with Crippen molar-refractivity contribution < 1.29 is 16.4 Å². The Labute approximate surface area is 97.9 Å². The second-order valence-electron chi connectivity index (χ2n) is 0.202. The zero-order valence-corrected chi connectivity index (χ0v) is 1.84. The van der Waals surface area contributed by atoms with Gasteiger partial charge in [0.25, 0.3) is 0 Å². The summed E-state index contributed by atoms with van der Waals surface area (Å²) in [5.41, 5.74) is 0. The maximum atomic E-state index is 8.70. The molecule has 0 heterocycles. The van der Waals surface area contributed by atoms with E-state index in [1.165, 1.54) is 0 Å². The molecule has 0 spiro atoms. The van der Waals surface area contributed by atoms with Gasteiger partial charge in [-0.15, -0.1) is 0 Å². The number of carbonyl (C=O) groups excluding carboxylic acids is 1. The van der Waals surface area contributed by atoms with Crippen molar-refractivity contribution >= 4 is 6.47 Å². The van der Waals surface area contributed by atoms with Gasteiger partial charge in [0, 0.05) is 1.43 Å². The predicted octanol–water partition coefficient (Wildman–Crippen LogP) is 6.24. The van der Waals surface area contributed by atoms with Gasteiger partial charge >= 0.3 is 6.47 Å². The predicted molar refractivity (Wildman–Crippen MR) is 79.2 cm³/mol. The minimum atomic E-state index is -0.0694. The maximum Gasteiger partial charge on any atom is 0.330 e. The summed E-state index contributed by atoms with van der Waals surface area (Å²) in [6.45, 7) is -0.0694. The topological polar surface area (TPSA) is 46.5 Å². The van der Waals surface area contributed by atoms with Gasteiger partial charge in [0.15, 0.2) is 0 Å². The lowest BCUT2D eigenvalue weighted by Gasteiger charge is -1.63. The molecule has 0 unspecified atom stereocenters. The molecule has 0 aliphatic heterocycles. The Morgan fingerprint density at radius 3 is 0.786 bits per heavy atom. The molecule has 0 aromatic rings. The molecular weight excluding hydrogens is 180 g/mol. The van der Waals surface area contributed by atoms with E-state index < -0.39 is 0 Å². The third-order valence-corrected chi connectivity index (χ3v) is 0.0430. The summed E-state index contributed by atoms with van der Waals surface area (Å²) in [6, 6.07) is 0. The molecule has 0 saturated carbocycles. The van der Waals surface area contributed by atoms with Gasteiger partial charge in [0.05, 0.1) is 0 Å². The zero-order chi connectivity index (χ0) is 3.41. The van der Waals surface area contributed by atoms with Gasteiger partial charge in [0.2, 0.25) is 0 Å². The summed E-state index contributed by atoms with van der Waals surface area (Å²) in [4.78, 5) is 11.6. The van der Waals surface area contributed by atoms with Crippen LogP contribution in [0.15, 0.2) is 0 Å². The summed E-state index contributed by atoms with van der Waals surface area (Å²) in [5, 5.41) is 7.01. The van der Waals surface area contributed by atoms with Crippen LogP contribution in [0.1, 0.15) is 75.7 Å². The van der Waals surface area contributed by atoms with E-state index in [9.17, 15) is 0 Å². The van der Waals surface area contributed by atoms with E-state index in [1.54, 1.807) is 0 Å². The standard InChI is InChI=1S/CH2O3.10CH4.H2/c2-1-4-3;;;;;;;;;;;/h1,3H;10*1H4;1H. The first-order chi connectivity index (χ1) is 1.91. The molecule has 0 amide bonds. The van der Waals surface area contributed by atoms with E-state index in [0.717, 1.165) is 0 Å². The van der Waals surface area contributed by atoms with E-state index in [4.69, 9.17) is 10.1 Å². The third kappa shape index (κ3) is 6720. The van der Waals surface area contributed by atoms with E-state index in [0.29, 0.717) is 0 Å². The van der Waals surface area contributed by atoms with Crippen LogP contribution < -0.4 is 0 Å². The largest absolute Gasteiger partial charge is 0.330 e. The normalized spacial score (nSPS) is 1.50. The average molecular weight is 224 g/mol. The minimum Gasteiger partial charge on any atom is -0.304 e. The van der Waals surface area contributed by atoms with Crippen LogP contribution in [-0.2, 0) is 9.68 Å². The van der Waals surface area contributed by atoms with Gasteiger partial charge < -0.3 is 4.89 Å². The number of hydrogen-bond acceptors (Lipinski definition) is 3. The van der Waals surface area contributed by atoms with Crippen LogP contribution in [0, 0.1) is 0 Å². The first kappa shape index (κ1) is 351. The Morgan fingerprint density at radius 1 is 0.714 bits per heavy atom. The van der Waals surface area contributed by atoms with Crippen molar-refractivity contribution in [2.24, 2.45) is 0 Å². The summed E-state index contributed by atoms with van der Waals surface area (Å²) < 4.78 is 0. The Balaban J connectivity index is -0.000000000818. The SMILES string of the molecule is C.C.C.C.C.C.C.C.C.C.O=COO.[HH]. The molecule has 0 aliphatic rings. The van der Waals surface area contributed by atoms with E-state index in [1.807, 2.05) is 0 Å². The summed E-state index contributed by atoms with van der Waals surface area (Å²) in [7, 11) is 0. The van der Waals surface area contributed by atoms with E-state index in [-0.39, 0.29) is 82.2 Å². The van der Waals surface area contributed by atoms with E-state index in [2.05, 4.69) is 4.89 Å². The fraction of sp³-hybridized carbons (Fsp3) is 0.909. The second kappa shape index (κ2) is 794. The van der Waals surface area contributed by atoms with Crippen molar-refractivity contribution in [3.05, 3.63) is 0 Å². The quantitative estimate of drug-likeness (QED) is 0.326. The Morgan fingerprint density at radius 2 is 0.786 bits per heavy atom. The van der Waals surface area contributed by atoms with Gasteiger partial charge in [-0.25, -0.2) is 5.26 Å². The van der Waals surface area contributed by atoms with Gasteiger partial charge in [-0.3, -0.25) is 4.79 Å². The van der Waals surface area contributed by atoms with Crippen molar-refractivity contribution in [2.45, 2.75) is 74.3 Å². The molecule has 0 rings (SSSR count). The third-order valence-electron chi connectivity index (χ3n) is 0.0430. The molecule has 3 heteroatoms. The molecule has 14 heavy (non-hydrogen) atoms. The molecule has 0 aromatic heterocycles. The summed E-state index contributed by atoms with van der Waals surface area (Å²) in [5.74, 6) is 0. The average Bonchev–Trinajstić information content (AvgIpc) is 1.37. The first-order valence-electron chi connectivity index (χ1n) is 0.654. The monoisotopic (exact) mass is 224 g/mol. The van der Waals surface area contributed by atoms with E-state index >= 15 is 0 Å². The molecule has 3 nitrogen and oxygen atoms in total. The Bertz CT molecular complexity index is 29.8. The van der Waals surface area contributed by atoms with Crippen LogP contribution in [0.3, 0.4) is 0 Å². The number of rotatable bonds is 1. The Hall–Kier alpha value is -0.570. The van der Waals surface area contributed by atoms with Crippen LogP contribution in [0.2, 0.25) is 0 Å². The van der Waals surface area contributed by atoms with Crippen LogP contribution in [0.4, 0.5) is 0 Å². The van der Waals surface area contributed by atoms with Crippen LogP contribution in [0.5, 0.6) is 0 Å². The lowest BCUT2D eigenvalue weighted by atomic mass is 11.7. The van der Waals surface area contributed by atoms with Crippen LogP contribution in [-0.4, -0.2) is 11.7 Å². The van der Waals surface area contributed by atoms with Crippen molar-refractivity contribution in [1.29, 1.82) is 0 Å². The molecule has 0 aromatic carbocycles. The molecule has 1 N–H and O–H groups in total. The fourth-order valence-electron chi connectivity index (χ4n) is 0. The highest BCUT2D eigenvalue weighted by Gasteiger charge is 1.47. The maximum absolute atomic E-state index is 8.70. The molecule has 0 fully saturated rings. The number of carbonyl (C=O) groups is 1. The van der Waals surface area contributed by atoms with Crippen molar-refractivity contribution in [3.8, 4) is 0 Å². The lowest BCUT2D eigenvalue weighted by Crippen LogP contribution is -1.69. The van der Waals surface area contributed by atoms with Gasteiger partial charge in [-0.05, 0) is 0 Å². The van der Waals surface area contributed by atoms with Crippen molar-refractivity contribution in [3.63, 3.8) is 0 Å². The highest BCUT2D eigenvalue weighted by atomic mass is 17.1. The molecule has 0 bridgehead atoms. The molecular formula is C11H44O3.